The first kappa shape index (κ1) is 15.2. The fourth-order valence-corrected chi connectivity index (χ4v) is 1.97. The number of benzene rings is 2. The fraction of sp³-hybridized carbons (Fsp3) is 0.294. The Morgan fingerprint density at radius 1 is 1.05 bits per heavy atom. The lowest BCUT2D eigenvalue weighted by atomic mass is 10.1. The Morgan fingerprint density at radius 2 is 1.81 bits per heavy atom. The number of aliphatic hydroxyl groups excluding tert-OH is 1. The molecule has 0 saturated heterocycles. The third-order valence-electron chi connectivity index (χ3n) is 3.09. The zero-order valence-corrected chi connectivity index (χ0v) is 12.2. The maximum absolute atomic E-state index is 9.92. The number of nitrogens with two attached hydrogens (primary N) is 1. The molecule has 0 amide bonds. The fourth-order valence-electron chi connectivity index (χ4n) is 1.97. The third-order valence-corrected chi connectivity index (χ3v) is 3.09. The van der Waals surface area contributed by atoms with E-state index in [-0.39, 0.29) is 13.2 Å². The molecule has 0 aromatic heterocycles. The summed E-state index contributed by atoms with van der Waals surface area (Å²) < 4.78 is 11.1. The Morgan fingerprint density at radius 3 is 2.57 bits per heavy atom. The van der Waals surface area contributed by atoms with E-state index in [1.165, 1.54) is 0 Å². The van der Waals surface area contributed by atoms with Crippen LogP contribution in [0.25, 0.3) is 0 Å². The van der Waals surface area contributed by atoms with Crippen LogP contribution < -0.4 is 15.2 Å². The Balaban J connectivity index is 1.81. The molecule has 0 bridgehead atoms. The number of anilines is 1. The highest BCUT2D eigenvalue weighted by Crippen LogP contribution is 2.19. The van der Waals surface area contributed by atoms with Gasteiger partial charge in [-0.2, -0.15) is 0 Å². The molecule has 0 spiro atoms. The summed E-state index contributed by atoms with van der Waals surface area (Å²) in [5, 5.41) is 9.92. The molecule has 2 aromatic rings. The number of hydrogen-bond donors (Lipinski definition) is 2. The first-order valence-corrected chi connectivity index (χ1v) is 7.06. The first-order valence-electron chi connectivity index (χ1n) is 7.06. The molecule has 0 heterocycles. The third kappa shape index (κ3) is 4.68. The van der Waals surface area contributed by atoms with Gasteiger partial charge in [0.15, 0.2) is 0 Å². The second-order valence-electron chi connectivity index (χ2n) is 4.81. The second-order valence-corrected chi connectivity index (χ2v) is 4.81. The molecule has 21 heavy (non-hydrogen) atoms. The van der Waals surface area contributed by atoms with Crippen LogP contribution in [0.15, 0.2) is 48.5 Å². The summed E-state index contributed by atoms with van der Waals surface area (Å²) in [5.41, 5.74) is 7.43. The van der Waals surface area contributed by atoms with Crippen LogP contribution in [0, 0.1) is 0 Å². The van der Waals surface area contributed by atoms with Gasteiger partial charge in [0, 0.05) is 11.8 Å². The summed E-state index contributed by atoms with van der Waals surface area (Å²) in [6.07, 6.45) is 0.197. The zero-order chi connectivity index (χ0) is 15.1. The molecule has 4 nitrogen and oxygen atoms in total. The largest absolute Gasteiger partial charge is 0.491 e. The second kappa shape index (κ2) is 7.55. The summed E-state index contributed by atoms with van der Waals surface area (Å²) in [7, 11) is 0. The minimum atomic E-state index is -0.698. The number of aliphatic hydroxyl groups is 1. The van der Waals surface area contributed by atoms with Crippen LogP contribution in [0.5, 0.6) is 11.5 Å². The standard InChI is InChI=1S/C17H21NO3/c1-2-13-6-3-4-9-17(13)21-12-15(19)11-20-16-8-5-7-14(18)10-16/h3-10,15,19H,2,11-12,18H2,1H3. The van der Waals surface area contributed by atoms with Crippen LogP contribution in [0.2, 0.25) is 0 Å². The Hall–Kier alpha value is -2.20. The van der Waals surface area contributed by atoms with E-state index in [1.807, 2.05) is 30.3 Å². The summed E-state index contributed by atoms with van der Waals surface area (Å²) >= 11 is 0. The highest BCUT2D eigenvalue weighted by Gasteiger charge is 2.08. The van der Waals surface area contributed by atoms with Crippen molar-refractivity contribution in [3.8, 4) is 11.5 Å². The number of hydrogen-bond acceptors (Lipinski definition) is 4. The minimum absolute atomic E-state index is 0.164. The summed E-state index contributed by atoms with van der Waals surface area (Å²) in [6.45, 7) is 2.43. The topological polar surface area (TPSA) is 64.7 Å². The van der Waals surface area contributed by atoms with Gasteiger partial charge in [0.2, 0.25) is 0 Å². The van der Waals surface area contributed by atoms with Crippen LogP contribution in [0.4, 0.5) is 5.69 Å². The van der Waals surface area contributed by atoms with E-state index in [9.17, 15) is 5.11 Å². The Labute approximate surface area is 125 Å². The quantitative estimate of drug-likeness (QED) is 0.768. The van der Waals surface area contributed by atoms with Gasteiger partial charge in [-0.15, -0.1) is 0 Å². The molecule has 0 saturated carbocycles. The average Bonchev–Trinajstić information content (AvgIpc) is 2.51. The number of aryl methyl sites for hydroxylation is 1. The van der Waals surface area contributed by atoms with Gasteiger partial charge in [-0.3, -0.25) is 0 Å². The van der Waals surface area contributed by atoms with E-state index in [0.717, 1.165) is 17.7 Å². The monoisotopic (exact) mass is 287 g/mol. The van der Waals surface area contributed by atoms with Crippen molar-refractivity contribution in [1.82, 2.24) is 0 Å². The molecule has 112 valence electrons. The highest BCUT2D eigenvalue weighted by atomic mass is 16.5. The zero-order valence-electron chi connectivity index (χ0n) is 12.2. The van der Waals surface area contributed by atoms with Gasteiger partial charge >= 0.3 is 0 Å². The van der Waals surface area contributed by atoms with Gasteiger partial charge in [0.25, 0.3) is 0 Å². The lowest BCUT2D eigenvalue weighted by Crippen LogP contribution is -2.25. The lowest BCUT2D eigenvalue weighted by molar-refractivity contribution is 0.0623. The Bertz CT molecular complexity index is 571. The minimum Gasteiger partial charge on any atom is -0.491 e. The summed E-state index contributed by atoms with van der Waals surface area (Å²) in [4.78, 5) is 0. The van der Waals surface area contributed by atoms with Crippen LogP contribution in [0.1, 0.15) is 12.5 Å². The number of rotatable bonds is 7. The van der Waals surface area contributed by atoms with E-state index in [4.69, 9.17) is 15.2 Å². The smallest absolute Gasteiger partial charge is 0.122 e. The normalized spacial score (nSPS) is 11.9. The number of para-hydroxylation sites is 1. The van der Waals surface area contributed by atoms with E-state index in [0.29, 0.717) is 11.4 Å². The van der Waals surface area contributed by atoms with E-state index in [2.05, 4.69) is 6.92 Å². The van der Waals surface area contributed by atoms with Gasteiger partial charge in [-0.05, 0) is 30.2 Å². The van der Waals surface area contributed by atoms with Gasteiger partial charge in [-0.1, -0.05) is 31.2 Å². The molecule has 2 aromatic carbocycles. The van der Waals surface area contributed by atoms with Crippen molar-refractivity contribution in [2.24, 2.45) is 0 Å². The van der Waals surface area contributed by atoms with Crippen LogP contribution in [-0.4, -0.2) is 24.4 Å². The van der Waals surface area contributed by atoms with Crippen molar-refractivity contribution in [3.63, 3.8) is 0 Å². The van der Waals surface area contributed by atoms with Crippen LogP contribution in [-0.2, 0) is 6.42 Å². The van der Waals surface area contributed by atoms with Crippen molar-refractivity contribution in [3.05, 3.63) is 54.1 Å². The van der Waals surface area contributed by atoms with Crippen LogP contribution >= 0.6 is 0 Å². The predicted octanol–water partition coefficient (Wildman–Crippen LogP) is 2.65. The first-order chi connectivity index (χ1) is 10.2. The maximum atomic E-state index is 9.92. The highest BCUT2D eigenvalue weighted by molar-refractivity contribution is 5.43. The molecular weight excluding hydrogens is 266 g/mol. The average molecular weight is 287 g/mol. The van der Waals surface area contributed by atoms with E-state index >= 15 is 0 Å². The van der Waals surface area contributed by atoms with Crippen molar-refractivity contribution >= 4 is 5.69 Å². The molecule has 1 unspecified atom stereocenters. The molecule has 0 aliphatic rings. The summed E-state index contributed by atoms with van der Waals surface area (Å²) in [5.74, 6) is 1.45. The van der Waals surface area contributed by atoms with Crippen molar-refractivity contribution in [2.75, 3.05) is 18.9 Å². The van der Waals surface area contributed by atoms with E-state index in [1.54, 1.807) is 18.2 Å². The van der Waals surface area contributed by atoms with Crippen LogP contribution in [0.3, 0.4) is 0 Å². The van der Waals surface area contributed by atoms with Crippen molar-refractivity contribution < 1.29 is 14.6 Å². The SMILES string of the molecule is CCc1ccccc1OCC(O)COc1cccc(N)c1. The lowest BCUT2D eigenvalue weighted by Gasteiger charge is -2.15. The number of ether oxygens (including phenoxy) is 2. The van der Waals surface area contributed by atoms with Gasteiger partial charge < -0.3 is 20.3 Å². The molecule has 0 aliphatic heterocycles. The molecule has 0 aliphatic carbocycles. The maximum Gasteiger partial charge on any atom is 0.122 e. The molecular formula is C17H21NO3. The van der Waals surface area contributed by atoms with Crippen molar-refractivity contribution in [1.29, 1.82) is 0 Å². The molecule has 1 atom stereocenters. The summed E-state index contributed by atoms with van der Waals surface area (Å²) in [6, 6.07) is 14.9. The molecule has 4 heteroatoms. The molecule has 0 fully saturated rings. The molecule has 3 N–H and O–H groups in total. The Kier molecular flexibility index (Phi) is 5.46. The van der Waals surface area contributed by atoms with Gasteiger partial charge in [-0.25, -0.2) is 0 Å². The number of nitrogen functional groups attached to an aromatic ring is 1. The van der Waals surface area contributed by atoms with Crippen molar-refractivity contribution in [2.45, 2.75) is 19.4 Å². The van der Waals surface area contributed by atoms with Gasteiger partial charge in [0.1, 0.15) is 30.8 Å². The molecule has 2 rings (SSSR count). The molecule has 0 radical (unpaired) electrons. The predicted molar refractivity (Wildman–Crippen MR) is 83.7 cm³/mol. The van der Waals surface area contributed by atoms with Gasteiger partial charge in [0.05, 0.1) is 0 Å². The van der Waals surface area contributed by atoms with E-state index < -0.39 is 6.10 Å².